The maximum absolute atomic E-state index is 11.2. The van der Waals surface area contributed by atoms with Crippen LogP contribution in [-0.2, 0) is 12.8 Å². The summed E-state index contributed by atoms with van der Waals surface area (Å²) in [6.45, 7) is 0. The molecule has 0 aliphatic heterocycles. The highest BCUT2D eigenvalue weighted by Gasteiger charge is 2.12. The molecule has 3 N–H and O–H groups in total. The highest BCUT2D eigenvalue weighted by Crippen LogP contribution is 2.13. The van der Waals surface area contributed by atoms with Gasteiger partial charge in [-0.2, -0.15) is 4.98 Å². The quantitative estimate of drug-likeness (QED) is 0.778. The smallest absolute Gasteiger partial charge is 0.292 e. The van der Waals surface area contributed by atoms with Crippen LogP contribution in [0.3, 0.4) is 0 Å². The van der Waals surface area contributed by atoms with Gasteiger partial charge in [0.15, 0.2) is 0 Å². The molecule has 0 aliphatic carbocycles. The number of benzene rings is 1. The zero-order valence-electron chi connectivity index (χ0n) is 10.0. The largest absolute Gasteiger partial charge is 0.399 e. The van der Waals surface area contributed by atoms with E-state index in [0.29, 0.717) is 18.7 Å². The van der Waals surface area contributed by atoms with Crippen LogP contribution in [0.25, 0.3) is 0 Å². The normalized spacial score (nSPS) is 10.3. The van der Waals surface area contributed by atoms with Crippen molar-refractivity contribution in [1.29, 1.82) is 0 Å². The number of aryl methyl sites for hydroxylation is 2. The number of rotatable bonds is 4. The Labute approximate surface area is 104 Å². The number of aromatic nitrogens is 2. The molecule has 0 bridgehead atoms. The van der Waals surface area contributed by atoms with E-state index in [-0.39, 0.29) is 11.7 Å². The number of carbonyl (C=O) groups excluding carboxylic acids is 1. The van der Waals surface area contributed by atoms with Gasteiger partial charge in [0.05, 0.1) is 0 Å². The van der Waals surface area contributed by atoms with Crippen molar-refractivity contribution in [3.05, 3.63) is 41.5 Å². The summed E-state index contributed by atoms with van der Waals surface area (Å²) in [4.78, 5) is 15.2. The Bertz CT molecular complexity index is 551. The maximum Gasteiger partial charge on any atom is 0.292 e. The fraction of sp³-hybridized carbons (Fsp3) is 0.250. The van der Waals surface area contributed by atoms with E-state index in [1.807, 2.05) is 24.3 Å². The van der Waals surface area contributed by atoms with E-state index >= 15 is 0 Å². The van der Waals surface area contributed by atoms with Gasteiger partial charge in [0.1, 0.15) is 0 Å². The molecule has 18 heavy (non-hydrogen) atoms. The predicted octanol–water partition coefficient (Wildman–Crippen LogP) is 0.797. The minimum Gasteiger partial charge on any atom is -0.399 e. The number of anilines is 1. The van der Waals surface area contributed by atoms with Gasteiger partial charge in [0.2, 0.25) is 5.89 Å². The molecule has 1 amide bonds. The zero-order valence-corrected chi connectivity index (χ0v) is 10.0. The lowest BCUT2D eigenvalue weighted by atomic mass is 10.1. The third kappa shape index (κ3) is 2.65. The molecule has 2 aromatic rings. The van der Waals surface area contributed by atoms with Crippen LogP contribution >= 0.6 is 0 Å². The van der Waals surface area contributed by atoms with Crippen molar-refractivity contribution < 1.29 is 9.32 Å². The van der Waals surface area contributed by atoms with E-state index in [0.717, 1.165) is 11.3 Å². The molecule has 0 unspecified atom stereocenters. The van der Waals surface area contributed by atoms with E-state index in [9.17, 15) is 4.79 Å². The first-order chi connectivity index (χ1) is 8.70. The van der Waals surface area contributed by atoms with Gasteiger partial charge in [-0.15, -0.1) is 0 Å². The first kappa shape index (κ1) is 12.1. The van der Waals surface area contributed by atoms with Crippen molar-refractivity contribution in [3.8, 4) is 0 Å². The molecule has 0 atom stereocenters. The van der Waals surface area contributed by atoms with E-state index in [4.69, 9.17) is 10.3 Å². The molecule has 6 nitrogen and oxygen atoms in total. The van der Waals surface area contributed by atoms with Crippen molar-refractivity contribution in [3.63, 3.8) is 0 Å². The number of hydrogen-bond donors (Lipinski definition) is 2. The third-order valence-electron chi connectivity index (χ3n) is 2.56. The Morgan fingerprint density at radius 3 is 2.89 bits per heavy atom. The molecular weight excluding hydrogens is 232 g/mol. The van der Waals surface area contributed by atoms with Gasteiger partial charge in [0.25, 0.3) is 11.7 Å². The number of nitrogens with zero attached hydrogens (tertiary/aromatic N) is 2. The van der Waals surface area contributed by atoms with Gasteiger partial charge in [-0.25, -0.2) is 0 Å². The molecule has 0 saturated heterocycles. The number of amides is 1. The number of nitrogen functional groups attached to an aromatic ring is 1. The standard InChI is InChI=1S/C12H14N4O2/c1-14-12(17)11-15-10(18-16-11)7-6-8-4-2-3-5-9(8)13/h2-5H,6-7,13H2,1H3,(H,14,17). The van der Waals surface area contributed by atoms with Crippen LogP contribution < -0.4 is 11.1 Å². The van der Waals surface area contributed by atoms with Crippen LogP contribution in [0.1, 0.15) is 22.1 Å². The second kappa shape index (κ2) is 5.31. The third-order valence-corrected chi connectivity index (χ3v) is 2.56. The van der Waals surface area contributed by atoms with Crippen molar-refractivity contribution in [2.24, 2.45) is 0 Å². The van der Waals surface area contributed by atoms with Crippen LogP contribution in [0.4, 0.5) is 5.69 Å². The van der Waals surface area contributed by atoms with Gasteiger partial charge in [-0.1, -0.05) is 23.4 Å². The maximum atomic E-state index is 11.2. The van der Waals surface area contributed by atoms with E-state index in [1.54, 1.807) is 0 Å². The monoisotopic (exact) mass is 246 g/mol. The Morgan fingerprint density at radius 2 is 2.17 bits per heavy atom. The van der Waals surface area contributed by atoms with Gasteiger partial charge in [-0.3, -0.25) is 4.79 Å². The van der Waals surface area contributed by atoms with Crippen molar-refractivity contribution in [2.75, 3.05) is 12.8 Å². The van der Waals surface area contributed by atoms with Gasteiger partial charge < -0.3 is 15.6 Å². The fourth-order valence-electron chi connectivity index (χ4n) is 1.56. The molecule has 6 heteroatoms. The van der Waals surface area contributed by atoms with Crippen LogP contribution in [0.5, 0.6) is 0 Å². The minimum absolute atomic E-state index is 0.0496. The topological polar surface area (TPSA) is 94.0 Å². The summed E-state index contributed by atoms with van der Waals surface area (Å²) in [7, 11) is 1.52. The number of nitrogens with two attached hydrogens (primary N) is 1. The SMILES string of the molecule is CNC(=O)c1noc(CCc2ccccc2N)n1. The lowest BCUT2D eigenvalue weighted by molar-refractivity contribution is 0.0950. The average molecular weight is 246 g/mol. The van der Waals surface area contributed by atoms with Crippen LogP contribution in [0.2, 0.25) is 0 Å². The van der Waals surface area contributed by atoms with Crippen LogP contribution in [0.15, 0.2) is 28.8 Å². The summed E-state index contributed by atoms with van der Waals surface area (Å²) < 4.78 is 4.99. The summed E-state index contributed by atoms with van der Waals surface area (Å²) >= 11 is 0. The number of para-hydroxylation sites is 1. The highest BCUT2D eigenvalue weighted by molar-refractivity contribution is 5.89. The molecule has 1 aromatic heterocycles. The molecule has 94 valence electrons. The van der Waals surface area contributed by atoms with E-state index < -0.39 is 0 Å². The molecule has 1 aromatic carbocycles. The Hall–Kier alpha value is -2.37. The van der Waals surface area contributed by atoms with Gasteiger partial charge in [0, 0.05) is 19.2 Å². The van der Waals surface area contributed by atoms with Crippen LogP contribution in [0, 0.1) is 0 Å². The van der Waals surface area contributed by atoms with Crippen molar-refractivity contribution in [2.45, 2.75) is 12.8 Å². The molecule has 2 rings (SSSR count). The Balaban J connectivity index is 2.01. The number of carbonyl (C=O) groups is 1. The molecular formula is C12H14N4O2. The molecule has 0 saturated carbocycles. The summed E-state index contributed by atoms with van der Waals surface area (Å²) in [5.74, 6) is 0.120. The summed E-state index contributed by atoms with van der Waals surface area (Å²) in [5.41, 5.74) is 7.59. The number of hydrogen-bond acceptors (Lipinski definition) is 5. The minimum atomic E-state index is -0.357. The van der Waals surface area contributed by atoms with E-state index in [2.05, 4.69) is 15.5 Å². The molecule has 0 fully saturated rings. The highest BCUT2D eigenvalue weighted by atomic mass is 16.5. The second-order valence-corrected chi connectivity index (χ2v) is 3.79. The molecule has 0 radical (unpaired) electrons. The lowest BCUT2D eigenvalue weighted by Gasteiger charge is -2.02. The first-order valence-corrected chi connectivity index (χ1v) is 5.58. The molecule has 0 aliphatic rings. The van der Waals surface area contributed by atoms with Crippen LogP contribution in [-0.4, -0.2) is 23.1 Å². The molecule has 0 spiro atoms. The van der Waals surface area contributed by atoms with Crippen molar-refractivity contribution >= 4 is 11.6 Å². The summed E-state index contributed by atoms with van der Waals surface area (Å²) in [6, 6.07) is 7.61. The average Bonchev–Trinajstić information content (AvgIpc) is 2.86. The van der Waals surface area contributed by atoms with Gasteiger partial charge >= 0.3 is 0 Å². The second-order valence-electron chi connectivity index (χ2n) is 3.79. The zero-order chi connectivity index (χ0) is 13.0. The van der Waals surface area contributed by atoms with Crippen molar-refractivity contribution in [1.82, 2.24) is 15.5 Å². The fourth-order valence-corrected chi connectivity index (χ4v) is 1.56. The Morgan fingerprint density at radius 1 is 1.39 bits per heavy atom. The first-order valence-electron chi connectivity index (χ1n) is 5.58. The van der Waals surface area contributed by atoms with E-state index in [1.165, 1.54) is 7.05 Å². The lowest BCUT2D eigenvalue weighted by Crippen LogP contribution is -2.19. The number of nitrogens with one attached hydrogen (secondary N) is 1. The predicted molar refractivity (Wildman–Crippen MR) is 66.0 cm³/mol. The summed E-state index contributed by atoms with van der Waals surface area (Å²) in [5, 5.41) is 6.03. The summed E-state index contributed by atoms with van der Waals surface area (Å²) in [6.07, 6.45) is 1.25. The van der Waals surface area contributed by atoms with Gasteiger partial charge in [-0.05, 0) is 18.1 Å². The molecule has 1 heterocycles. The Kier molecular flexibility index (Phi) is 3.57.